The van der Waals surface area contributed by atoms with E-state index in [-0.39, 0.29) is 19.5 Å². The van der Waals surface area contributed by atoms with Gasteiger partial charge in [0.25, 0.3) is 0 Å². The molecular weight excluding hydrogens is 682 g/mol. The average Bonchev–Trinajstić information content (AvgIpc) is 3.90. The summed E-state index contributed by atoms with van der Waals surface area (Å²) in [5.74, 6) is 2.14. The summed E-state index contributed by atoms with van der Waals surface area (Å²) >= 11 is 0. The molecule has 9 heteroatoms. The molecule has 0 saturated carbocycles. The fourth-order valence-electron chi connectivity index (χ4n) is 7.24. The smallest absolute Gasteiger partial charge is 0.357 e. The zero-order valence-corrected chi connectivity index (χ0v) is 30.0. The van der Waals surface area contributed by atoms with Gasteiger partial charge in [0.15, 0.2) is 0 Å². The number of fused-ring (bicyclic) bond motifs is 21. The van der Waals surface area contributed by atoms with Crippen LogP contribution in [0.25, 0.3) is 112 Å². The van der Waals surface area contributed by atoms with Crippen molar-refractivity contribution in [3.05, 3.63) is 133 Å². The minimum atomic E-state index is 0. The zero-order valence-electron chi connectivity index (χ0n) is 27.0. The summed E-state index contributed by atoms with van der Waals surface area (Å²) in [6, 6.07) is 45.1. The topological polar surface area (TPSA) is 106 Å². The van der Waals surface area contributed by atoms with Crippen LogP contribution in [0.4, 0.5) is 0 Å². The number of aromatic nitrogens is 8. The quantitative estimate of drug-likeness (QED) is 0.156. The SMILES string of the molecule is [Zn+2].c1ccc2c(c1)-c1nc-2nc2[n-]c(nc3nc(nc4[n-]c(n1)c1ccccc41)-c1ccccc1-3)c1c(-c3cccc4ccccc34)cccc21. The molecule has 11 rings (SSSR count). The summed E-state index contributed by atoms with van der Waals surface area (Å²) in [6.07, 6.45) is 0. The third-order valence-electron chi connectivity index (χ3n) is 9.53. The molecule has 0 atom stereocenters. The molecule has 9 aromatic rings. The van der Waals surface area contributed by atoms with Crippen molar-refractivity contribution < 1.29 is 19.5 Å². The second-order valence-corrected chi connectivity index (χ2v) is 12.4. The molecule has 0 fully saturated rings. The van der Waals surface area contributed by atoms with E-state index in [0.29, 0.717) is 45.9 Å². The first-order valence-corrected chi connectivity index (χ1v) is 16.4. The Kier molecular flexibility index (Phi) is 6.53. The molecule has 0 amide bonds. The van der Waals surface area contributed by atoms with Crippen LogP contribution in [0.15, 0.2) is 133 Å². The van der Waals surface area contributed by atoms with E-state index in [1.165, 1.54) is 0 Å². The Labute approximate surface area is 303 Å². The van der Waals surface area contributed by atoms with E-state index in [1.54, 1.807) is 0 Å². The summed E-state index contributed by atoms with van der Waals surface area (Å²) in [7, 11) is 0. The van der Waals surface area contributed by atoms with E-state index in [0.717, 1.165) is 65.7 Å². The summed E-state index contributed by atoms with van der Waals surface area (Å²) < 4.78 is 0. The average molecular weight is 704 g/mol. The minimum Gasteiger partial charge on any atom is -0.357 e. The summed E-state index contributed by atoms with van der Waals surface area (Å²) in [5, 5.41) is 5.84. The van der Waals surface area contributed by atoms with Crippen molar-refractivity contribution in [3.8, 4) is 56.7 Å². The Hall–Kier alpha value is -6.44. The Morgan fingerprint density at radius 1 is 0.294 bits per heavy atom. The molecule has 0 N–H and O–H groups in total. The van der Waals surface area contributed by atoms with Crippen molar-refractivity contribution in [2.24, 2.45) is 0 Å². The summed E-state index contributed by atoms with van der Waals surface area (Å²) in [6.45, 7) is 0. The number of hydrogen-bond acceptors (Lipinski definition) is 6. The van der Waals surface area contributed by atoms with Crippen molar-refractivity contribution in [2.45, 2.75) is 0 Å². The van der Waals surface area contributed by atoms with Gasteiger partial charge in [-0.3, -0.25) is 0 Å². The van der Waals surface area contributed by atoms with Crippen LogP contribution in [0, 0.1) is 0 Å². The zero-order chi connectivity index (χ0) is 32.8. The molecule has 8 bridgehead atoms. The van der Waals surface area contributed by atoms with Gasteiger partial charge in [-0.25, -0.2) is 9.97 Å². The third-order valence-corrected chi connectivity index (χ3v) is 9.53. The first kappa shape index (κ1) is 29.5. The van der Waals surface area contributed by atoms with Gasteiger partial charge in [-0.1, -0.05) is 133 Å². The second-order valence-electron chi connectivity index (χ2n) is 12.4. The predicted molar refractivity (Wildman–Crippen MR) is 197 cm³/mol. The molecule has 2 aliphatic rings. The Morgan fingerprint density at radius 3 is 1.25 bits per heavy atom. The molecule has 5 heterocycles. The largest absolute Gasteiger partial charge is 2.00 e. The molecule has 51 heavy (non-hydrogen) atoms. The molecule has 8 nitrogen and oxygen atoms in total. The van der Waals surface area contributed by atoms with Crippen LogP contribution in [0.3, 0.4) is 0 Å². The van der Waals surface area contributed by atoms with Crippen molar-refractivity contribution in [1.82, 2.24) is 39.9 Å². The van der Waals surface area contributed by atoms with Crippen molar-refractivity contribution >= 4 is 54.9 Å². The van der Waals surface area contributed by atoms with Gasteiger partial charge in [0, 0.05) is 50.2 Å². The van der Waals surface area contributed by atoms with Gasteiger partial charge in [-0.05, 0) is 38.1 Å². The van der Waals surface area contributed by atoms with Crippen LogP contribution in [-0.2, 0) is 19.5 Å². The first-order valence-electron chi connectivity index (χ1n) is 16.4. The van der Waals surface area contributed by atoms with Gasteiger partial charge in [-0.2, -0.15) is 0 Å². The molecule has 2 aliphatic heterocycles. The molecule has 232 valence electrons. The number of hydrogen-bond donors (Lipinski definition) is 0. The van der Waals surface area contributed by atoms with Gasteiger partial charge in [0.05, 0.1) is 23.3 Å². The monoisotopic (exact) mass is 702 g/mol. The fraction of sp³-hybridized carbons (Fsp3) is 0. The molecule has 6 aromatic carbocycles. The van der Waals surface area contributed by atoms with E-state index in [2.05, 4.69) is 60.7 Å². The van der Waals surface area contributed by atoms with Crippen molar-refractivity contribution in [1.29, 1.82) is 0 Å². The summed E-state index contributed by atoms with van der Waals surface area (Å²) in [4.78, 5) is 40.5. The Bertz CT molecular complexity index is 3060. The molecule has 0 unspecified atom stereocenters. The number of benzene rings is 6. The van der Waals surface area contributed by atoms with Crippen molar-refractivity contribution in [2.75, 3.05) is 0 Å². The Balaban J connectivity index is 0.00000327. The minimum absolute atomic E-state index is 0. The maximum absolute atomic E-state index is 5.22. The second kappa shape index (κ2) is 11.3. The molecule has 0 aliphatic carbocycles. The molecule has 0 radical (unpaired) electrons. The van der Waals surface area contributed by atoms with Gasteiger partial charge < -0.3 is 29.9 Å². The van der Waals surface area contributed by atoms with Gasteiger partial charge >= 0.3 is 19.5 Å². The van der Waals surface area contributed by atoms with Gasteiger partial charge in [0.1, 0.15) is 0 Å². The van der Waals surface area contributed by atoms with E-state index in [4.69, 9.17) is 39.9 Å². The standard InChI is InChI=1S/C42H22N8.Zn/c1-2-13-24-23(11-1)12-9-20-25(24)26-21-10-22-33-34(26)42-49-40-32-19-8-7-18-31(32)38(47-40)45-36-28-15-4-3-14-27(28)35(43-36)44-37-29-16-5-6-17-30(29)39(46-37)48-41(33)50-42;/h1-22H;/q-2;+2. The first-order chi connectivity index (χ1) is 24.8. The normalized spacial score (nSPS) is 11.8. The molecular formula is C42H22N8Zn. The molecule has 3 aromatic heterocycles. The van der Waals surface area contributed by atoms with Crippen molar-refractivity contribution in [3.63, 3.8) is 0 Å². The van der Waals surface area contributed by atoms with Crippen LogP contribution < -0.4 is 9.97 Å². The van der Waals surface area contributed by atoms with Gasteiger partial charge in [0.2, 0.25) is 0 Å². The number of rotatable bonds is 1. The van der Waals surface area contributed by atoms with Crippen LogP contribution in [-0.4, -0.2) is 29.9 Å². The third kappa shape index (κ3) is 4.48. The fourth-order valence-corrected chi connectivity index (χ4v) is 7.24. The van der Waals surface area contributed by atoms with Crippen LogP contribution in [0.2, 0.25) is 0 Å². The maximum Gasteiger partial charge on any atom is 2.00 e. The van der Waals surface area contributed by atoms with Gasteiger partial charge in [-0.15, -0.1) is 0 Å². The van der Waals surface area contributed by atoms with E-state index >= 15 is 0 Å². The molecule has 0 saturated heterocycles. The maximum atomic E-state index is 5.22. The Morgan fingerprint density at radius 2 is 0.667 bits per heavy atom. The molecule has 0 spiro atoms. The van der Waals surface area contributed by atoms with E-state index in [1.807, 2.05) is 72.8 Å². The predicted octanol–water partition coefficient (Wildman–Crippen LogP) is 8.95. The van der Waals surface area contributed by atoms with E-state index < -0.39 is 0 Å². The van der Waals surface area contributed by atoms with E-state index in [9.17, 15) is 0 Å². The summed E-state index contributed by atoms with van der Waals surface area (Å²) in [5.41, 5.74) is 7.77. The van der Waals surface area contributed by atoms with Crippen LogP contribution in [0.5, 0.6) is 0 Å². The number of nitrogens with zero attached hydrogens (tertiary/aromatic N) is 8. The van der Waals surface area contributed by atoms with Crippen LogP contribution >= 0.6 is 0 Å². The van der Waals surface area contributed by atoms with Crippen LogP contribution in [0.1, 0.15) is 0 Å².